The summed E-state index contributed by atoms with van der Waals surface area (Å²) in [5.74, 6) is 2.80. The second-order valence-electron chi connectivity index (χ2n) is 6.91. The Morgan fingerprint density at radius 2 is 1.77 bits per heavy atom. The highest BCUT2D eigenvalue weighted by atomic mass is 127. The van der Waals surface area contributed by atoms with Crippen molar-refractivity contribution in [1.29, 1.82) is 0 Å². The molecule has 0 amide bonds. The molecular weight excluding hydrogens is 501 g/mol. The molecule has 7 heteroatoms. The van der Waals surface area contributed by atoms with E-state index in [1.54, 1.807) is 0 Å². The van der Waals surface area contributed by atoms with Gasteiger partial charge in [0, 0.05) is 51.4 Å². The summed E-state index contributed by atoms with van der Waals surface area (Å²) in [6.45, 7) is 5.88. The lowest BCUT2D eigenvalue weighted by atomic mass is 10.2. The zero-order chi connectivity index (χ0) is 20.9. The molecule has 0 bridgehead atoms. The van der Waals surface area contributed by atoms with Crippen LogP contribution in [0, 0.1) is 0 Å². The number of para-hydroxylation sites is 1. The van der Waals surface area contributed by atoms with Crippen LogP contribution in [0.2, 0.25) is 0 Å². The van der Waals surface area contributed by atoms with Crippen LogP contribution in [-0.4, -0.2) is 41.8 Å². The summed E-state index contributed by atoms with van der Waals surface area (Å²) in [5, 5.41) is 6.70. The Hall–Kier alpha value is -2.55. The molecule has 31 heavy (non-hydrogen) atoms. The van der Waals surface area contributed by atoms with Gasteiger partial charge in [0.1, 0.15) is 11.6 Å². The van der Waals surface area contributed by atoms with Gasteiger partial charge in [-0.05, 0) is 24.6 Å². The van der Waals surface area contributed by atoms with Crippen LogP contribution < -0.4 is 15.4 Å². The number of ether oxygens (including phenoxy) is 1. The highest BCUT2D eigenvalue weighted by molar-refractivity contribution is 14.0. The van der Waals surface area contributed by atoms with Gasteiger partial charge in [-0.3, -0.25) is 4.99 Å². The lowest BCUT2D eigenvalue weighted by molar-refractivity contribution is 0.313. The fourth-order valence-electron chi connectivity index (χ4n) is 3.09. The average molecular weight is 533 g/mol. The molecule has 0 saturated carbocycles. The van der Waals surface area contributed by atoms with E-state index in [0.29, 0.717) is 13.2 Å². The van der Waals surface area contributed by atoms with Gasteiger partial charge in [-0.2, -0.15) is 0 Å². The number of hydrogen-bond donors (Lipinski definition) is 2. The van der Waals surface area contributed by atoms with Gasteiger partial charge >= 0.3 is 0 Å². The number of aliphatic imine (C=N–C) groups is 1. The van der Waals surface area contributed by atoms with Gasteiger partial charge in [0.15, 0.2) is 5.96 Å². The van der Waals surface area contributed by atoms with E-state index in [1.165, 1.54) is 5.56 Å². The van der Waals surface area contributed by atoms with Crippen LogP contribution in [-0.2, 0) is 13.0 Å². The number of halogens is 1. The van der Waals surface area contributed by atoms with Crippen molar-refractivity contribution < 1.29 is 4.74 Å². The summed E-state index contributed by atoms with van der Waals surface area (Å²) >= 11 is 0. The van der Waals surface area contributed by atoms with E-state index >= 15 is 0 Å². The molecule has 0 aliphatic carbocycles. The molecule has 2 N–H and O–H groups in total. The zero-order valence-corrected chi connectivity index (χ0v) is 20.4. The van der Waals surface area contributed by atoms with E-state index in [0.717, 1.165) is 50.0 Å². The summed E-state index contributed by atoms with van der Waals surface area (Å²) in [5.41, 5.74) is 1.28. The SMILES string of the molecule is CCNC(=NCCCOc1ccccc1)NCCc1nccn1Cc1ccccc1.I. The second kappa shape index (κ2) is 14.5. The van der Waals surface area contributed by atoms with Crippen LogP contribution in [0.3, 0.4) is 0 Å². The molecule has 3 aromatic rings. The predicted molar refractivity (Wildman–Crippen MR) is 137 cm³/mol. The first-order chi connectivity index (χ1) is 14.8. The third-order valence-electron chi connectivity index (χ3n) is 4.57. The van der Waals surface area contributed by atoms with Crippen molar-refractivity contribution in [2.24, 2.45) is 4.99 Å². The summed E-state index contributed by atoms with van der Waals surface area (Å²) in [4.78, 5) is 9.16. The van der Waals surface area contributed by atoms with Crippen molar-refractivity contribution in [1.82, 2.24) is 20.2 Å². The molecule has 0 spiro atoms. The Labute approximate surface area is 202 Å². The Kier molecular flexibility index (Phi) is 11.5. The summed E-state index contributed by atoms with van der Waals surface area (Å²) in [6, 6.07) is 20.3. The van der Waals surface area contributed by atoms with Crippen molar-refractivity contribution in [3.63, 3.8) is 0 Å². The van der Waals surface area contributed by atoms with Gasteiger partial charge in [0.05, 0.1) is 6.61 Å². The number of hydrogen-bond acceptors (Lipinski definition) is 3. The van der Waals surface area contributed by atoms with Crippen molar-refractivity contribution in [2.45, 2.75) is 26.3 Å². The minimum Gasteiger partial charge on any atom is -0.494 e. The molecule has 0 radical (unpaired) electrons. The van der Waals surface area contributed by atoms with E-state index in [2.05, 4.69) is 56.4 Å². The molecule has 0 fully saturated rings. The van der Waals surface area contributed by atoms with Crippen molar-refractivity contribution >= 4 is 29.9 Å². The van der Waals surface area contributed by atoms with E-state index < -0.39 is 0 Å². The Bertz CT molecular complexity index is 883. The lowest BCUT2D eigenvalue weighted by Gasteiger charge is -2.12. The molecule has 6 nitrogen and oxygen atoms in total. The van der Waals surface area contributed by atoms with Crippen LogP contribution in [0.5, 0.6) is 5.75 Å². The number of guanidine groups is 1. The quantitative estimate of drug-likeness (QED) is 0.169. The van der Waals surface area contributed by atoms with E-state index in [4.69, 9.17) is 4.74 Å². The summed E-state index contributed by atoms with van der Waals surface area (Å²) < 4.78 is 7.92. The first kappa shape index (κ1) is 24.7. The molecule has 0 aliphatic heterocycles. The van der Waals surface area contributed by atoms with Gasteiger partial charge in [-0.25, -0.2) is 4.98 Å². The van der Waals surface area contributed by atoms with Crippen LogP contribution in [0.4, 0.5) is 0 Å². The molecule has 1 aromatic heterocycles. The molecule has 166 valence electrons. The van der Waals surface area contributed by atoms with E-state index in [-0.39, 0.29) is 24.0 Å². The number of imidazole rings is 1. The molecule has 0 unspecified atom stereocenters. The maximum atomic E-state index is 5.72. The lowest BCUT2D eigenvalue weighted by Crippen LogP contribution is -2.38. The summed E-state index contributed by atoms with van der Waals surface area (Å²) in [6.07, 6.45) is 5.60. The van der Waals surface area contributed by atoms with Crippen LogP contribution in [0.1, 0.15) is 24.7 Å². The minimum absolute atomic E-state index is 0. The van der Waals surface area contributed by atoms with Gasteiger partial charge in [-0.15, -0.1) is 24.0 Å². The Morgan fingerprint density at radius 1 is 1.03 bits per heavy atom. The second-order valence-corrected chi connectivity index (χ2v) is 6.91. The molecule has 0 atom stereocenters. The normalized spacial score (nSPS) is 10.9. The molecular formula is C24H32IN5O. The predicted octanol–water partition coefficient (Wildman–Crippen LogP) is 4.12. The fraction of sp³-hybridized carbons (Fsp3) is 0.333. The third kappa shape index (κ3) is 9.00. The Morgan fingerprint density at radius 3 is 2.52 bits per heavy atom. The van der Waals surface area contributed by atoms with Gasteiger partial charge < -0.3 is 19.9 Å². The Balaban J connectivity index is 0.00000341. The fourth-order valence-corrected chi connectivity index (χ4v) is 3.09. The number of aromatic nitrogens is 2. The molecule has 2 aromatic carbocycles. The largest absolute Gasteiger partial charge is 0.494 e. The smallest absolute Gasteiger partial charge is 0.191 e. The van der Waals surface area contributed by atoms with Gasteiger partial charge in [0.25, 0.3) is 0 Å². The molecule has 0 aliphatic rings. The van der Waals surface area contributed by atoms with Crippen LogP contribution >= 0.6 is 24.0 Å². The maximum Gasteiger partial charge on any atom is 0.191 e. The highest BCUT2D eigenvalue weighted by Crippen LogP contribution is 2.08. The minimum atomic E-state index is 0. The van der Waals surface area contributed by atoms with E-state index in [1.807, 2.05) is 48.8 Å². The first-order valence-electron chi connectivity index (χ1n) is 10.6. The van der Waals surface area contributed by atoms with Gasteiger partial charge in [-0.1, -0.05) is 48.5 Å². The molecule has 1 heterocycles. The number of benzene rings is 2. The summed E-state index contributed by atoms with van der Waals surface area (Å²) in [7, 11) is 0. The van der Waals surface area contributed by atoms with E-state index in [9.17, 15) is 0 Å². The van der Waals surface area contributed by atoms with Crippen LogP contribution in [0.15, 0.2) is 78.0 Å². The molecule has 3 rings (SSSR count). The molecule has 0 saturated heterocycles. The number of nitrogens with one attached hydrogen (secondary N) is 2. The van der Waals surface area contributed by atoms with Crippen molar-refractivity contribution in [2.75, 3.05) is 26.2 Å². The maximum absolute atomic E-state index is 5.72. The standard InChI is InChI=1S/C24H31N5O.HI/c1-2-25-24(27-15-9-19-30-22-12-7-4-8-13-22)28-16-14-23-26-17-18-29(23)20-21-10-5-3-6-11-21;/h3-8,10-13,17-18H,2,9,14-16,19-20H2,1H3,(H2,25,27,28);1H. The monoisotopic (exact) mass is 533 g/mol. The van der Waals surface area contributed by atoms with Crippen molar-refractivity contribution in [3.05, 3.63) is 84.4 Å². The number of rotatable bonds is 11. The van der Waals surface area contributed by atoms with Crippen molar-refractivity contribution in [3.8, 4) is 5.75 Å². The first-order valence-corrected chi connectivity index (χ1v) is 10.6. The van der Waals surface area contributed by atoms with Crippen LogP contribution in [0.25, 0.3) is 0 Å². The van der Waals surface area contributed by atoms with Gasteiger partial charge in [0.2, 0.25) is 0 Å². The number of nitrogens with zero attached hydrogens (tertiary/aromatic N) is 3. The zero-order valence-electron chi connectivity index (χ0n) is 18.0. The topological polar surface area (TPSA) is 63.5 Å². The third-order valence-corrected chi connectivity index (χ3v) is 4.57. The highest BCUT2D eigenvalue weighted by Gasteiger charge is 2.04. The average Bonchev–Trinajstić information content (AvgIpc) is 3.21.